The zero-order valence-electron chi connectivity index (χ0n) is 27.7. The number of sulfonamides is 1. The molecule has 3 aliphatic rings. The monoisotopic (exact) mass is 684 g/mol. The van der Waals surface area contributed by atoms with Crippen LogP contribution in [0.15, 0.2) is 108 Å². The molecule has 3 heterocycles. The van der Waals surface area contributed by atoms with E-state index >= 15 is 0 Å². The van der Waals surface area contributed by atoms with Gasteiger partial charge in [-0.2, -0.15) is 0 Å². The standard InChI is InChI=1S/C39H44N2O7S/c1-28-36(26-41-20-18-39(19-21-41)45-22-23-46-39)47-38(48-37(28)32-12-10-29(27-42)11-13-32)33-16-14-31(15-17-33)34-7-5-6-30(24-34)25-40-49(43,44)35-8-3-2-4-9-35/h2-17,24,28,36-38,40,42H,18-23,25-27H2,1H3/t28-,36+,37+,38+/m1/s1. The summed E-state index contributed by atoms with van der Waals surface area (Å²) in [5.41, 5.74) is 5.70. The number of rotatable bonds is 10. The number of nitrogens with one attached hydrogen (secondary N) is 1. The van der Waals surface area contributed by atoms with Gasteiger partial charge in [0.05, 0.1) is 36.9 Å². The predicted molar refractivity (Wildman–Crippen MR) is 186 cm³/mol. The molecule has 0 aliphatic carbocycles. The van der Waals surface area contributed by atoms with Crippen LogP contribution < -0.4 is 4.72 Å². The number of aliphatic hydroxyl groups is 1. The fraction of sp³-hybridized carbons (Fsp3) is 0.385. The number of likely N-dealkylation sites (tertiary alicyclic amines) is 1. The molecule has 3 saturated heterocycles. The van der Waals surface area contributed by atoms with E-state index in [1.807, 2.05) is 60.7 Å². The van der Waals surface area contributed by atoms with Crippen LogP contribution >= 0.6 is 0 Å². The van der Waals surface area contributed by atoms with Crippen LogP contribution in [0.25, 0.3) is 11.1 Å². The Morgan fingerprint density at radius 3 is 2.18 bits per heavy atom. The lowest BCUT2D eigenvalue weighted by Gasteiger charge is -2.44. The van der Waals surface area contributed by atoms with Crippen LogP contribution in [0.2, 0.25) is 0 Å². The van der Waals surface area contributed by atoms with Gasteiger partial charge >= 0.3 is 0 Å². The van der Waals surface area contributed by atoms with E-state index in [2.05, 4.69) is 28.7 Å². The molecular formula is C39H44N2O7S. The highest BCUT2D eigenvalue weighted by molar-refractivity contribution is 7.89. The van der Waals surface area contributed by atoms with E-state index < -0.39 is 22.1 Å². The second kappa shape index (κ2) is 14.8. The maximum absolute atomic E-state index is 12.7. The predicted octanol–water partition coefficient (Wildman–Crippen LogP) is 5.95. The largest absolute Gasteiger partial charge is 0.392 e. The Morgan fingerprint density at radius 1 is 0.796 bits per heavy atom. The second-order valence-electron chi connectivity index (χ2n) is 13.2. The SMILES string of the molecule is C[C@@H]1[C@H](CN2CCC3(CC2)OCCO3)O[C@H](c2ccc(-c3cccc(CNS(=O)(=O)c4ccccc4)c3)cc2)O[C@@H]1c1ccc(CO)cc1. The van der Waals surface area contributed by atoms with Crippen molar-refractivity contribution in [2.45, 2.75) is 62.1 Å². The lowest BCUT2D eigenvalue weighted by molar-refractivity contribution is -0.278. The number of hydrogen-bond donors (Lipinski definition) is 2. The fourth-order valence-corrected chi connectivity index (χ4v) is 8.04. The van der Waals surface area contributed by atoms with Crippen molar-refractivity contribution in [3.05, 3.63) is 125 Å². The maximum atomic E-state index is 12.7. The Hall–Kier alpha value is -3.45. The zero-order chi connectivity index (χ0) is 33.8. The van der Waals surface area contributed by atoms with Gasteiger partial charge in [0.15, 0.2) is 12.1 Å². The molecule has 10 heteroatoms. The third-order valence-corrected chi connectivity index (χ3v) is 11.4. The Kier molecular flexibility index (Phi) is 10.3. The minimum atomic E-state index is -3.61. The van der Waals surface area contributed by atoms with Crippen molar-refractivity contribution in [2.24, 2.45) is 5.92 Å². The summed E-state index contributed by atoms with van der Waals surface area (Å²) < 4.78 is 53.5. The first kappa shape index (κ1) is 34.0. The van der Waals surface area contributed by atoms with Crippen LogP contribution in [0, 0.1) is 5.92 Å². The van der Waals surface area contributed by atoms with Crippen LogP contribution in [0.1, 0.15) is 54.4 Å². The molecule has 4 aromatic carbocycles. The van der Waals surface area contributed by atoms with Crippen molar-refractivity contribution in [2.75, 3.05) is 32.8 Å². The highest BCUT2D eigenvalue weighted by Crippen LogP contribution is 2.43. The molecule has 4 atom stereocenters. The summed E-state index contributed by atoms with van der Waals surface area (Å²) in [6.45, 7) is 6.25. The topological polar surface area (TPSA) is 107 Å². The van der Waals surface area contributed by atoms with Crippen molar-refractivity contribution in [3.63, 3.8) is 0 Å². The normalized spacial score (nSPS) is 24.3. The average Bonchev–Trinajstić information content (AvgIpc) is 3.61. The molecule has 49 heavy (non-hydrogen) atoms. The van der Waals surface area contributed by atoms with E-state index in [-0.39, 0.29) is 36.2 Å². The van der Waals surface area contributed by atoms with Crippen LogP contribution in [0.3, 0.4) is 0 Å². The van der Waals surface area contributed by atoms with Gasteiger partial charge in [-0.3, -0.25) is 0 Å². The molecule has 0 amide bonds. The van der Waals surface area contributed by atoms with Gasteiger partial charge in [-0.1, -0.05) is 91.9 Å². The highest BCUT2D eigenvalue weighted by atomic mass is 32.2. The molecular weight excluding hydrogens is 641 g/mol. The van der Waals surface area contributed by atoms with E-state index in [4.69, 9.17) is 18.9 Å². The van der Waals surface area contributed by atoms with Gasteiger partial charge < -0.3 is 29.0 Å². The molecule has 0 unspecified atom stereocenters. The molecule has 9 nitrogen and oxygen atoms in total. The summed E-state index contributed by atoms with van der Waals surface area (Å²) in [5, 5.41) is 9.60. The Labute approximate surface area is 288 Å². The van der Waals surface area contributed by atoms with Crippen molar-refractivity contribution in [3.8, 4) is 11.1 Å². The summed E-state index contributed by atoms with van der Waals surface area (Å²) >= 11 is 0. The first-order chi connectivity index (χ1) is 23.8. The van der Waals surface area contributed by atoms with Crippen molar-refractivity contribution >= 4 is 10.0 Å². The van der Waals surface area contributed by atoms with Gasteiger partial charge in [-0.15, -0.1) is 0 Å². The summed E-state index contributed by atoms with van der Waals surface area (Å²) in [4.78, 5) is 2.69. The number of hydrogen-bond acceptors (Lipinski definition) is 8. The van der Waals surface area contributed by atoms with E-state index in [9.17, 15) is 13.5 Å². The molecule has 258 valence electrons. The molecule has 7 rings (SSSR count). The molecule has 0 aromatic heterocycles. The Bertz CT molecular complexity index is 1790. The molecule has 2 N–H and O–H groups in total. The number of ether oxygens (including phenoxy) is 4. The minimum absolute atomic E-state index is 0.00183. The molecule has 1 spiro atoms. The summed E-state index contributed by atoms with van der Waals surface area (Å²) in [6.07, 6.45) is 0.875. The molecule has 4 aromatic rings. The van der Waals surface area contributed by atoms with Crippen molar-refractivity contribution < 1.29 is 32.5 Å². The third-order valence-electron chi connectivity index (χ3n) is 9.96. The van der Waals surface area contributed by atoms with Crippen LogP contribution in [0.4, 0.5) is 0 Å². The molecule has 3 aliphatic heterocycles. The van der Waals surface area contributed by atoms with Crippen molar-refractivity contribution in [1.82, 2.24) is 9.62 Å². The number of nitrogens with zero attached hydrogens (tertiary/aromatic N) is 1. The van der Waals surface area contributed by atoms with Crippen LogP contribution in [-0.4, -0.2) is 63.2 Å². The maximum Gasteiger partial charge on any atom is 0.240 e. The number of benzene rings is 4. The lowest BCUT2D eigenvalue weighted by Crippen LogP contribution is -2.50. The molecule has 0 radical (unpaired) electrons. The van der Waals surface area contributed by atoms with E-state index in [0.29, 0.717) is 13.2 Å². The van der Waals surface area contributed by atoms with Gasteiger partial charge in [0.1, 0.15) is 0 Å². The van der Waals surface area contributed by atoms with Crippen LogP contribution in [0.5, 0.6) is 0 Å². The van der Waals surface area contributed by atoms with Crippen LogP contribution in [-0.2, 0) is 42.1 Å². The smallest absolute Gasteiger partial charge is 0.240 e. The summed E-state index contributed by atoms with van der Waals surface area (Å²) in [7, 11) is -3.61. The first-order valence-corrected chi connectivity index (χ1v) is 18.5. The highest BCUT2D eigenvalue weighted by Gasteiger charge is 2.43. The molecule has 3 fully saturated rings. The zero-order valence-corrected chi connectivity index (χ0v) is 28.6. The van der Waals surface area contributed by atoms with E-state index in [1.54, 1.807) is 30.3 Å². The second-order valence-corrected chi connectivity index (χ2v) is 15.0. The van der Waals surface area contributed by atoms with Gasteiger partial charge in [-0.05, 0) is 46.0 Å². The lowest BCUT2D eigenvalue weighted by atomic mass is 9.89. The average molecular weight is 685 g/mol. The van der Waals surface area contributed by atoms with Gasteiger partial charge in [0, 0.05) is 50.5 Å². The quantitative estimate of drug-likeness (QED) is 0.211. The number of piperidine rings is 1. The summed E-state index contributed by atoms with van der Waals surface area (Å²) in [6, 6.07) is 32.5. The van der Waals surface area contributed by atoms with Gasteiger partial charge in [-0.25, -0.2) is 13.1 Å². The van der Waals surface area contributed by atoms with Crippen molar-refractivity contribution in [1.29, 1.82) is 0 Å². The minimum Gasteiger partial charge on any atom is -0.392 e. The fourth-order valence-electron chi connectivity index (χ4n) is 7.00. The molecule has 0 bridgehead atoms. The van der Waals surface area contributed by atoms with Gasteiger partial charge in [0.25, 0.3) is 0 Å². The first-order valence-electron chi connectivity index (χ1n) is 17.1. The summed E-state index contributed by atoms with van der Waals surface area (Å²) in [5.74, 6) is -0.331. The Morgan fingerprint density at radius 2 is 1.49 bits per heavy atom. The van der Waals surface area contributed by atoms with Gasteiger partial charge in [0.2, 0.25) is 10.0 Å². The Balaban J connectivity index is 1.06. The van der Waals surface area contributed by atoms with E-state index in [0.717, 1.165) is 65.9 Å². The van der Waals surface area contributed by atoms with E-state index in [1.165, 1.54) is 0 Å². The number of aliphatic hydroxyl groups excluding tert-OH is 1. The molecule has 0 saturated carbocycles. The third kappa shape index (κ3) is 7.82.